The number of hydrogen-bond acceptors (Lipinski definition) is 3. The highest BCUT2D eigenvalue weighted by atomic mass is 79.9. The van der Waals surface area contributed by atoms with E-state index in [1.165, 1.54) is 12.1 Å². The molecule has 0 heterocycles. The maximum atomic E-state index is 11.9. The van der Waals surface area contributed by atoms with Gasteiger partial charge in [0, 0.05) is 4.47 Å². The van der Waals surface area contributed by atoms with Crippen LogP contribution in [0, 0.1) is 0 Å². The van der Waals surface area contributed by atoms with Gasteiger partial charge in [-0.25, -0.2) is 4.79 Å². The average molecular weight is 330 g/mol. The van der Waals surface area contributed by atoms with Crippen LogP contribution in [0.1, 0.15) is 36.5 Å². The lowest BCUT2D eigenvalue weighted by Gasteiger charge is -2.14. The lowest BCUT2D eigenvalue weighted by molar-refractivity contribution is -0.139. The number of nitrogens with one attached hydrogen (secondary N) is 1. The molecule has 0 aromatic heterocycles. The molecule has 0 aliphatic carbocycles. The van der Waals surface area contributed by atoms with Crippen molar-refractivity contribution < 1.29 is 19.8 Å². The van der Waals surface area contributed by atoms with Gasteiger partial charge in [-0.05, 0) is 24.6 Å². The predicted molar refractivity (Wildman–Crippen MR) is 74.2 cm³/mol. The van der Waals surface area contributed by atoms with Gasteiger partial charge in [0.1, 0.15) is 11.8 Å². The Hall–Kier alpha value is -1.56. The summed E-state index contributed by atoms with van der Waals surface area (Å²) in [6.45, 7) is 1.95. The molecule has 1 amide bonds. The standard InChI is InChI=1S/C13H16BrNO4/c1-2-3-4-10(13(18)19)15-12(17)9-7-8(14)5-6-11(9)16/h5-7,10,16H,2-4H2,1H3,(H,15,17)(H,18,19)/t10-/m0/s1. The minimum atomic E-state index is -1.07. The van der Waals surface area contributed by atoms with Crippen LogP contribution in [0.4, 0.5) is 0 Å². The van der Waals surface area contributed by atoms with Crippen molar-refractivity contribution in [1.82, 2.24) is 5.32 Å². The molecule has 1 atom stereocenters. The number of hydrogen-bond donors (Lipinski definition) is 3. The van der Waals surface area contributed by atoms with Crippen molar-refractivity contribution in [3.8, 4) is 5.75 Å². The first-order valence-corrected chi connectivity index (χ1v) is 6.77. The summed E-state index contributed by atoms with van der Waals surface area (Å²) >= 11 is 3.19. The van der Waals surface area contributed by atoms with Crippen molar-refractivity contribution in [3.05, 3.63) is 28.2 Å². The summed E-state index contributed by atoms with van der Waals surface area (Å²) in [7, 11) is 0. The van der Waals surface area contributed by atoms with Gasteiger partial charge in [0.2, 0.25) is 0 Å². The molecular formula is C13H16BrNO4. The van der Waals surface area contributed by atoms with E-state index in [9.17, 15) is 14.7 Å². The summed E-state index contributed by atoms with van der Waals surface area (Å²) in [5, 5.41) is 21.1. The van der Waals surface area contributed by atoms with Crippen LogP contribution in [0.15, 0.2) is 22.7 Å². The first-order chi connectivity index (χ1) is 8.95. The highest BCUT2D eigenvalue weighted by Crippen LogP contribution is 2.21. The number of carbonyl (C=O) groups is 2. The number of aliphatic carboxylic acids is 1. The number of rotatable bonds is 6. The second-order valence-electron chi connectivity index (χ2n) is 4.17. The summed E-state index contributed by atoms with van der Waals surface area (Å²) in [5.41, 5.74) is 0.0529. The van der Waals surface area contributed by atoms with Gasteiger partial charge in [0.05, 0.1) is 5.56 Å². The van der Waals surface area contributed by atoms with Crippen molar-refractivity contribution in [2.24, 2.45) is 0 Å². The number of amides is 1. The van der Waals surface area contributed by atoms with Crippen molar-refractivity contribution in [2.75, 3.05) is 0 Å². The molecule has 0 spiro atoms. The SMILES string of the molecule is CCCC[C@H](NC(=O)c1cc(Br)ccc1O)C(=O)O. The van der Waals surface area contributed by atoms with E-state index in [4.69, 9.17) is 5.11 Å². The van der Waals surface area contributed by atoms with E-state index in [-0.39, 0.29) is 11.3 Å². The van der Waals surface area contributed by atoms with Gasteiger partial charge in [-0.1, -0.05) is 35.7 Å². The highest BCUT2D eigenvalue weighted by Gasteiger charge is 2.21. The Kier molecular flexibility index (Phi) is 5.82. The summed E-state index contributed by atoms with van der Waals surface area (Å²) < 4.78 is 0.635. The number of phenols is 1. The number of halogens is 1. The fourth-order valence-corrected chi connectivity index (χ4v) is 1.95. The summed E-state index contributed by atoms with van der Waals surface area (Å²) in [6, 6.07) is 3.48. The van der Waals surface area contributed by atoms with Crippen molar-refractivity contribution >= 4 is 27.8 Å². The Bertz CT molecular complexity index is 476. The molecule has 1 rings (SSSR count). The Morgan fingerprint density at radius 1 is 1.42 bits per heavy atom. The van der Waals surface area contributed by atoms with E-state index in [0.717, 1.165) is 6.42 Å². The molecule has 0 radical (unpaired) electrons. The topological polar surface area (TPSA) is 86.6 Å². The number of aromatic hydroxyl groups is 1. The third-order valence-electron chi connectivity index (χ3n) is 2.65. The van der Waals surface area contributed by atoms with Crippen molar-refractivity contribution in [3.63, 3.8) is 0 Å². The zero-order valence-corrected chi connectivity index (χ0v) is 12.1. The molecule has 0 saturated heterocycles. The average Bonchev–Trinajstić information content (AvgIpc) is 2.36. The second-order valence-corrected chi connectivity index (χ2v) is 5.08. The molecule has 0 bridgehead atoms. The van der Waals surface area contributed by atoms with E-state index in [0.29, 0.717) is 17.3 Å². The molecule has 0 aliphatic heterocycles. The van der Waals surface area contributed by atoms with E-state index in [1.54, 1.807) is 6.07 Å². The highest BCUT2D eigenvalue weighted by molar-refractivity contribution is 9.10. The molecular weight excluding hydrogens is 314 g/mol. The third kappa shape index (κ3) is 4.55. The van der Waals surface area contributed by atoms with E-state index < -0.39 is 17.9 Å². The van der Waals surface area contributed by atoms with Crippen LogP contribution in [0.25, 0.3) is 0 Å². The molecule has 0 aliphatic rings. The number of phenolic OH excluding ortho intramolecular Hbond substituents is 1. The minimum Gasteiger partial charge on any atom is -0.507 e. The first kappa shape index (κ1) is 15.5. The largest absolute Gasteiger partial charge is 0.507 e. The van der Waals surface area contributed by atoms with Crippen molar-refractivity contribution in [2.45, 2.75) is 32.2 Å². The molecule has 0 fully saturated rings. The predicted octanol–water partition coefficient (Wildman–Crippen LogP) is 2.53. The number of carboxylic acid groups (broad SMARTS) is 1. The number of unbranched alkanes of at least 4 members (excludes halogenated alkanes) is 1. The van der Waals surface area contributed by atoms with Crippen LogP contribution >= 0.6 is 15.9 Å². The molecule has 1 aromatic rings. The summed E-state index contributed by atoms with van der Waals surface area (Å²) in [4.78, 5) is 23.0. The van der Waals surface area contributed by atoms with Crippen LogP contribution in [0.2, 0.25) is 0 Å². The van der Waals surface area contributed by atoms with E-state index >= 15 is 0 Å². The van der Waals surface area contributed by atoms with Crippen molar-refractivity contribution in [1.29, 1.82) is 0 Å². The number of carbonyl (C=O) groups excluding carboxylic acids is 1. The van der Waals surface area contributed by atoms with Gasteiger partial charge >= 0.3 is 5.97 Å². The van der Waals surface area contributed by atoms with Gasteiger partial charge in [-0.2, -0.15) is 0 Å². The van der Waals surface area contributed by atoms with E-state index in [2.05, 4.69) is 21.2 Å². The smallest absolute Gasteiger partial charge is 0.326 e. The van der Waals surface area contributed by atoms with Crippen LogP contribution in [0.3, 0.4) is 0 Å². The minimum absolute atomic E-state index is 0.0529. The van der Waals surface area contributed by atoms with Crippen LogP contribution in [0.5, 0.6) is 5.75 Å². The Labute approximate surface area is 119 Å². The third-order valence-corrected chi connectivity index (χ3v) is 3.15. The quantitative estimate of drug-likeness (QED) is 0.748. The van der Waals surface area contributed by atoms with E-state index in [1.807, 2.05) is 6.92 Å². The van der Waals surface area contributed by atoms with Crippen LogP contribution < -0.4 is 5.32 Å². The fraction of sp³-hybridized carbons (Fsp3) is 0.385. The molecule has 0 unspecified atom stereocenters. The normalized spacial score (nSPS) is 11.9. The Balaban J connectivity index is 2.81. The van der Waals surface area contributed by atoms with Gasteiger partial charge in [-0.3, -0.25) is 4.79 Å². The molecule has 1 aromatic carbocycles. The lowest BCUT2D eigenvalue weighted by Crippen LogP contribution is -2.40. The molecule has 104 valence electrons. The van der Waals surface area contributed by atoms with Crippen LogP contribution in [-0.2, 0) is 4.79 Å². The van der Waals surface area contributed by atoms with Gasteiger partial charge in [0.15, 0.2) is 0 Å². The number of benzene rings is 1. The Morgan fingerprint density at radius 2 is 2.11 bits per heavy atom. The maximum Gasteiger partial charge on any atom is 0.326 e. The summed E-state index contributed by atoms with van der Waals surface area (Å²) in [6.07, 6.45) is 1.93. The van der Waals surface area contributed by atoms with Gasteiger partial charge < -0.3 is 15.5 Å². The van der Waals surface area contributed by atoms with Gasteiger partial charge in [-0.15, -0.1) is 0 Å². The van der Waals surface area contributed by atoms with Crippen LogP contribution in [-0.4, -0.2) is 28.1 Å². The zero-order chi connectivity index (χ0) is 14.4. The molecule has 19 heavy (non-hydrogen) atoms. The van der Waals surface area contributed by atoms with Gasteiger partial charge in [0.25, 0.3) is 5.91 Å². The molecule has 0 saturated carbocycles. The molecule has 6 heteroatoms. The second kappa shape index (κ2) is 7.13. The lowest BCUT2D eigenvalue weighted by atomic mass is 10.1. The zero-order valence-electron chi connectivity index (χ0n) is 10.5. The first-order valence-electron chi connectivity index (χ1n) is 5.98. The fourth-order valence-electron chi connectivity index (χ4n) is 1.59. The molecule has 5 nitrogen and oxygen atoms in total. The Morgan fingerprint density at radius 3 is 2.68 bits per heavy atom. The number of carboxylic acids is 1. The monoisotopic (exact) mass is 329 g/mol. The maximum absolute atomic E-state index is 11.9. The summed E-state index contributed by atoms with van der Waals surface area (Å²) in [5.74, 6) is -1.85. The molecule has 3 N–H and O–H groups in total.